The molecular formula is C10H21NO. The second-order valence-electron chi connectivity index (χ2n) is 3.47. The highest BCUT2D eigenvalue weighted by atomic mass is 16.1. The Kier molecular flexibility index (Phi) is 7.06. The molecule has 0 aliphatic carbocycles. The van der Waals surface area contributed by atoms with E-state index in [1.54, 1.807) is 6.92 Å². The lowest BCUT2D eigenvalue weighted by atomic mass is 9.94. The molecule has 1 unspecified atom stereocenters. The van der Waals surface area contributed by atoms with Gasteiger partial charge < -0.3 is 10.5 Å². The second-order valence-corrected chi connectivity index (χ2v) is 3.47. The number of hydrogen-bond acceptors (Lipinski definition) is 2. The summed E-state index contributed by atoms with van der Waals surface area (Å²) in [7, 11) is 0. The van der Waals surface area contributed by atoms with Crippen LogP contribution in [0.1, 0.15) is 46.0 Å². The molecule has 0 bridgehead atoms. The van der Waals surface area contributed by atoms with Gasteiger partial charge in [-0.1, -0.05) is 19.8 Å². The molecule has 72 valence electrons. The SMILES string of the molecule is CCCC(CCN)CCC(C)=O. The quantitative estimate of drug-likeness (QED) is 0.637. The summed E-state index contributed by atoms with van der Waals surface area (Å²) < 4.78 is 0. The summed E-state index contributed by atoms with van der Waals surface area (Å²) in [5, 5.41) is 0. The first-order valence-corrected chi connectivity index (χ1v) is 4.90. The fraction of sp³-hybridized carbons (Fsp3) is 0.900. The molecule has 0 spiro atoms. The van der Waals surface area contributed by atoms with Gasteiger partial charge in [-0.3, -0.25) is 0 Å². The molecule has 2 N–H and O–H groups in total. The van der Waals surface area contributed by atoms with Crippen molar-refractivity contribution < 1.29 is 4.79 Å². The number of carbonyl (C=O) groups is 1. The highest BCUT2D eigenvalue weighted by molar-refractivity contribution is 5.75. The van der Waals surface area contributed by atoms with E-state index in [9.17, 15) is 4.79 Å². The summed E-state index contributed by atoms with van der Waals surface area (Å²) in [6, 6.07) is 0. The average molecular weight is 171 g/mol. The summed E-state index contributed by atoms with van der Waals surface area (Å²) in [6.45, 7) is 4.59. The van der Waals surface area contributed by atoms with Crippen LogP contribution in [0.25, 0.3) is 0 Å². The maximum absolute atomic E-state index is 10.7. The van der Waals surface area contributed by atoms with E-state index in [4.69, 9.17) is 5.73 Å². The zero-order valence-corrected chi connectivity index (χ0v) is 8.31. The molecular weight excluding hydrogens is 150 g/mol. The third-order valence-corrected chi connectivity index (χ3v) is 2.18. The van der Waals surface area contributed by atoms with Crippen molar-refractivity contribution in [2.24, 2.45) is 11.7 Å². The van der Waals surface area contributed by atoms with Crippen molar-refractivity contribution in [1.82, 2.24) is 0 Å². The summed E-state index contributed by atoms with van der Waals surface area (Å²) in [6.07, 6.45) is 5.24. The van der Waals surface area contributed by atoms with E-state index < -0.39 is 0 Å². The average Bonchev–Trinajstić information content (AvgIpc) is 2.01. The predicted molar refractivity (Wildman–Crippen MR) is 52.0 cm³/mol. The first-order valence-electron chi connectivity index (χ1n) is 4.90. The lowest BCUT2D eigenvalue weighted by molar-refractivity contribution is -0.117. The first-order chi connectivity index (χ1) is 5.70. The van der Waals surface area contributed by atoms with Gasteiger partial charge in [0.15, 0.2) is 0 Å². The molecule has 0 aromatic heterocycles. The van der Waals surface area contributed by atoms with Crippen LogP contribution in [0, 0.1) is 5.92 Å². The molecule has 1 atom stereocenters. The number of hydrogen-bond donors (Lipinski definition) is 1. The summed E-state index contributed by atoms with van der Waals surface area (Å²) >= 11 is 0. The summed E-state index contributed by atoms with van der Waals surface area (Å²) in [4.78, 5) is 10.7. The van der Waals surface area contributed by atoms with E-state index in [1.165, 1.54) is 12.8 Å². The Bertz CT molecular complexity index is 117. The largest absolute Gasteiger partial charge is 0.330 e. The second kappa shape index (κ2) is 7.29. The van der Waals surface area contributed by atoms with Crippen LogP contribution in [0.2, 0.25) is 0 Å². The van der Waals surface area contributed by atoms with Gasteiger partial charge in [0.25, 0.3) is 0 Å². The predicted octanol–water partition coefficient (Wildman–Crippen LogP) is 2.12. The van der Waals surface area contributed by atoms with E-state index in [1.807, 2.05) is 0 Å². The Morgan fingerprint density at radius 1 is 1.33 bits per heavy atom. The minimum Gasteiger partial charge on any atom is -0.330 e. The molecule has 2 heteroatoms. The van der Waals surface area contributed by atoms with Gasteiger partial charge in [-0.25, -0.2) is 0 Å². The maximum Gasteiger partial charge on any atom is 0.129 e. The fourth-order valence-corrected chi connectivity index (χ4v) is 1.48. The van der Waals surface area contributed by atoms with Crippen LogP contribution in [0.4, 0.5) is 0 Å². The molecule has 0 fully saturated rings. The van der Waals surface area contributed by atoms with Gasteiger partial charge >= 0.3 is 0 Å². The molecule has 0 rings (SSSR count). The van der Waals surface area contributed by atoms with Crippen LogP contribution in [-0.2, 0) is 4.79 Å². The number of ketones is 1. The van der Waals surface area contributed by atoms with Crippen LogP contribution in [0.5, 0.6) is 0 Å². The van der Waals surface area contributed by atoms with Crippen LogP contribution < -0.4 is 5.73 Å². The van der Waals surface area contributed by atoms with E-state index in [0.29, 0.717) is 11.7 Å². The standard InChI is InChI=1S/C10H21NO/c1-3-4-10(7-8-11)6-5-9(2)12/h10H,3-8,11H2,1-2H3. The molecule has 0 saturated heterocycles. The van der Waals surface area contributed by atoms with E-state index in [-0.39, 0.29) is 0 Å². The van der Waals surface area contributed by atoms with Gasteiger partial charge in [-0.15, -0.1) is 0 Å². The number of carbonyl (C=O) groups excluding carboxylic acids is 1. The smallest absolute Gasteiger partial charge is 0.129 e. The van der Waals surface area contributed by atoms with Crippen molar-refractivity contribution >= 4 is 5.78 Å². The number of nitrogens with two attached hydrogens (primary N) is 1. The normalized spacial score (nSPS) is 12.9. The third-order valence-electron chi connectivity index (χ3n) is 2.18. The Balaban J connectivity index is 3.54. The molecule has 0 aromatic carbocycles. The molecule has 12 heavy (non-hydrogen) atoms. The molecule has 0 amide bonds. The zero-order valence-electron chi connectivity index (χ0n) is 8.31. The highest BCUT2D eigenvalue weighted by Gasteiger charge is 2.07. The maximum atomic E-state index is 10.7. The van der Waals surface area contributed by atoms with E-state index in [2.05, 4.69) is 6.92 Å². The molecule has 0 saturated carbocycles. The van der Waals surface area contributed by atoms with E-state index in [0.717, 1.165) is 25.8 Å². The Morgan fingerprint density at radius 2 is 2.00 bits per heavy atom. The monoisotopic (exact) mass is 171 g/mol. The van der Waals surface area contributed by atoms with E-state index >= 15 is 0 Å². The van der Waals surface area contributed by atoms with Crippen LogP contribution in [0.3, 0.4) is 0 Å². The zero-order chi connectivity index (χ0) is 9.40. The third kappa shape index (κ3) is 6.35. The van der Waals surface area contributed by atoms with Crippen LogP contribution >= 0.6 is 0 Å². The van der Waals surface area contributed by atoms with Crippen molar-refractivity contribution in [3.63, 3.8) is 0 Å². The van der Waals surface area contributed by atoms with Crippen molar-refractivity contribution in [3.05, 3.63) is 0 Å². The van der Waals surface area contributed by atoms with Crippen molar-refractivity contribution in [2.45, 2.75) is 46.0 Å². The molecule has 0 aromatic rings. The Labute approximate surface area is 75.5 Å². The lowest BCUT2D eigenvalue weighted by Gasteiger charge is -2.13. The van der Waals surface area contributed by atoms with Crippen molar-refractivity contribution in [2.75, 3.05) is 6.54 Å². The van der Waals surface area contributed by atoms with Crippen molar-refractivity contribution in [3.8, 4) is 0 Å². The molecule has 0 aliphatic heterocycles. The molecule has 0 aliphatic rings. The first kappa shape index (κ1) is 11.6. The van der Waals surface area contributed by atoms with Crippen molar-refractivity contribution in [1.29, 1.82) is 0 Å². The topological polar surface area (TPSA) is 43.1 Å². The van der Waals surface area contributed by atoms with Gasteiger partial charge in [0, 0.05) is 6.42 Å². The minimum absolute atomic E-state index is 0.299. The van der Waals surface area contributed by atoms with Gasteiger partial charge in [-0.05, 0) is 32.2 Å². The van der Waals surface area contributed by atoms with Gasteiger partial charge in [0.05, 0.1) is 0 Å². The molecule has 0 heterocycles. The van der Waals surface area contributed by atoms with Gasteiger partial charge in [0.2, 0.25) is 0 Å². The number of Topliss-reactive ketones (excluding diaryl/α,β-unsaturated/α-hetero) is 1. The summed E-state index contributed by atoms with van der Waals surface area (Å²) in [5.74, 6) is 0.969. The highest BCUT2D eigenvalue weighted by Crippen LogP contribution is 2.16. The summed E-state index contributed by atoms with van der Waals surface area (Å²) in [5.41, 5.74) is 5.48. The molecule has 0 radical (unpaired) electrons. The number of rotatable bonds is 7. The van der Waals surface area contributed by atoms with Crippen LogP contribution in [-0.4, -0.2) is 12.3 Å². The van der Waals surface area contributed by atoms with Crippen LogP contribution in [0.15, 0.2) is 0 Å². The van der Waals surface area contributed by atoms with Gasteiger partial charge in [0.1, 0.15) is 5.78 Å². The molecule has 2 nitrogen and oxygen atoms in total. The van der Waals surface area contributed by atoms with Gasteiger partial charge in [-0.2, -0.15) is 0 Å². The fourth-order valence-electron chi connectivity index (χ4n) is 1.48. The Hall–Kier alpha value is -0.370. The minimum atomic E-state index is 0.299. The lowest BCUT2D eigenvalue weighted by Crippen LogP contribution is -2.09. The Morgan fingerprint density at radius 3 is 2.42 bits per heavy atom.